The van der Waals surface area contributed by atoms with E-state index in [4.69, 9.17) is 14.5 Å². The Labute approximate surface area is 342 Å². The zero-order valence-electron chi connectivity index (χ0n) is 34.2. The molecule has 4 aromatic rings. The maximum Gasteiger partial charge on any atom is 0.407 e. The fourth-order valence-corrected chi connectivity index (χ4v) is 9.77. The van der Waals surface area contributed by atoms with Gasteiger partial charge in [0, 0.05) is 28.9 Å². The summed E-state index contributed by atoms with van der Waals surface area (Å²) in [6, 6.07) is 9.66. The summed E-state index contributed by atoms with van der Waals surface area (Å²) >= 11 is 0. The van der Waals surface area contributed by atoms with Crippen molar-refractivity contribution >= 4 is 24.0 Å². The van der Waals surface area contributed by atoms with Gasteiger partial charge in [-0.05, 0) is 91.0 Å². The lowest BCUT2D eigenvalue weighted by Gasteiger charge is -2.31. The minimum absolute atomic E-state index is 0.0933. The number of aromatic amines is 2. The van der Waals surface area contributed by atoms with Crippen LogP contribution in [0.2, 0.25) is 0 Å². The fraction of sp³-hybridized carbons (Fsp3) is 0.500. The number of nitrogens with zero attached hydrogens (tertiary/aromatic N) is 4. The number of likely N-dealkylation sites (tertiary alicyclic amines) is 2. The molecule has 4 heterocycles. The molecule has 4 amide bonds. The second-order valence-electron chi connectivity index (χ2n) is 17.5. The van der Waals surface area contributed by atoms with Crippen LogP contribution in [-0.4, -0.2) is 92.1 Å². The third-order valence-electron chi connectivity index (χ3n) is 13.1. The maximum absolute atomic E-state index is 16.0. The summed E-state index contributed by atoms with van der Waals surface area (Å²) in [6.45, 7) is 7.60. The van der Waals surface area contributed by atoms with Gasteiger partial charge in [-0.1, -0.05) is 52.0 Å². The van der Waals surface area contributed by atoms with Crippen molar-refractivity contribution in [2.45, 2.75) is 102 Å². The standard InChI is InChI=1S/C44H51FN8O6/c1-20(2)36(50-43(56)58-5)41(54)52-32-15-25(32)17-34(52)39-46-19-31(48-39)28-11-8-23(14-29(28)45)22-7-10-27-24(13-22)9-12-30-38(27)49-40(47-30)35-18-26-16-33(26)53(35)42(55)37(21(3)4)51-44(57)59-6/h7-8,10-11,13-14,19-21,25-26,32-37H,9,12,15-18H2,1-6H3,(H,46,48)(H,47,49)(H,50,56)(H,51,57)/t25-,26-,32-,33-,34+,35+,36+,37+/m1/s1. The molecule has 14 nitrogen and oxygen atoms in total. The summed E-state index contributed by atoms with van der Waals surface area (Å²) in [4.78, 5) is 72.3. The number of rotatable bonds is 10. The van der Waals surface area contributed by atoms with Crippen molar-refractivity contribution < 1.29 is 33.0 Å². The molecule has 0 unspecified atom stereocenters. The molecule has 2 saturated heterocycles. The molecule has 8 atom stereocenters. The molecule has 4 fully saturated rings. The van der Waals surface area contributed by atoms with Crippen molar-refractivity contribution in [2.75, 3.05) is 14.2 Å². The maximum atomic E-state index is 16.0. The Bertz CT molecular complexity index is 2340. The van der Waals surface area contributed by atoms with Crippen LogP contribution in [0.3, 0.4) is 0 Å². The number of aromatic nitrogens is 4. The fourth-order valence-electron chi connectivity index (χ4n) is 9.77. The molecule has 2 saturated carbocycles. The first-order chi connectivity index (χ1) is 28.3. The zero-order valence-corrected chi connectivity index (χ0v) is 34.2. The lowest BCUT2D eigenvalue weighted by Crippen LogP contribution is -2.52. The number of piperidine rings is 2. The van der Waals surface area contributed by atoms with Crippen LogP contribution >= 0.6 is 0 Å². The van der Waals surface area contributed by atoms with Crippen molar-refractivity contribution in [3.05, 3.63) is 71.3 Å². The molecule has 15 heteroatoms. The quantitative estimate of drug-likeness (QED) is 0.141. The van der Waals surface area contributed by atoms with Gasteiger partial charge in [0.25, 0.3) is 0 Å². The number of benzene rings is 2. The number of imidazole rings is 2. The minimum Gasteiger partial charge on any atom is -0.453 e. The molecule has 2 aliphatic heterocycles. The Morgan fingerprint density at radius 1 is 0.746 bits per heavy atom. The molecule has 59 heavy (non-hydrogen) atoms. The summed E-state index contributed by atoms with van der Waals surface area (Å²) in [5.41, 5.74) is 6.60. The highest BCUT2D eigenvalue weighted by Gasteiger charge is 2.57. The van der Waals surface area contributed by atoms with Crippen LogP contribution in [0.15, 0.2) is 42.6 Å². The summed E-state index contributed by atoms with van der Waals surface area (Å²) in [6.07, 6.45) is 5.34. The van der Waals surface area contributed by atoms with Crippen LogP contribution in [0.1, 0.15) is 88.4 Å². The first-order valence-corrected chi connectivity index (χ1v) is 20.8. The van der Waals surface area contributed by atoms with Gasteiger partial charge >= 0.3 is 12.2 Å². The number of fused-ring (bicyclic) bond motifs is 5. The lowest BCUT2D eigenvalue weighted by molar-refractivity contribution is -0.137. The molecule has 3 aliphatic carbocycles. The topological polar surface area (TPSA) is 175 Å². The second-order valence-corrected chi connectivity index (χ2v) is 17.5. The number of aryl methyl sites for hydroxylation is 2. The molecule has 0 spiro atoms. The van der Waals surface area contributed by atoms with Crippen molar-refractivity contribution in [3.8, 4) is 33.6 Å². The first-order valence-electron chi connectivity index (χ1n) is 20.8. The molecule has 0 bridgehead atoms. The first kappa shape index (κ1) is 38.8. The molecule has 9 rings (SSSR count). The van der Waals surface area contributed by atoms with Gasteiger partial charge in [-0.3, -0.25) is 9.59 Å². The number of halogens is 1. The van der Waals surface area contributed by atoms with E-state index in [9.17, 15) is 19.2 Å². The number of nitrogens with one attached hydrogen (secondary N) is 4. The van der Waals surface area contributed by atoms with Gasteiger partial charge in [-0.25, -0.2) is 23.9 Å². The molecule has 310 valence electrons. The average molecular weight is 807 g/mol. The van der Waals surface area contributed by atoms with Crippen LogP contribution in [0.4, 0.5) is 14.0 Å². The van der Waals surface area contributed by atoms with Gasteiger partial charge < -0.3 is 39.9 Å². The minimum atomic E-state index is -0.737. The number of methoxy groups -OCH3 is 2. The van der Waals surface area contributed by atoms with E-state index in [1.165, 1.54) is 14.2 Å². The summed E-state index contributed by atoms with van der Waals surface area (Å²) in [5, 5.41) is 5.45. The van der Waals surface area contributed by atoms with Gasteiger partial charge in [0.1, 0.15) is 29.5 Å². The lowest BCUT2D eigenvalue weighted by atomic mass is 9.89. The Morgan fingerprint density at radius 3 is 1.86 bits per heavy atom. The van der Waals surface area contributed by atoms with E-state index in [-0.39, 0.29) is 47.8 Å². The Morgan fingerprint density at radius 2 is 1.31 bits per heavy atom. The summed E-state index contributed by atoms with van der Waals surface area (Å²) < 4.78 is 25.6. The zero-order chi connectivity index (χ0) is 41.4. The number of amides is 4. The smallest absolute Gasteiger partial charge is 0.407 e. The van der Waals surface area contributed by atoms with E-state index in [1.807, 2.05) is 55.7 Å². The predicted molar refractivity (Wildman–Crippen MR) is 215 cm³/mol. The van der Waals surface area contributed by atoms with E-state index in [1.54, 1.807) is 18.3 Å². The third kappa shape index (κ3) is 6.91. The van der Waals surface area contributed by atoms with Crippen molar-refractivity contribution in [2.24, 2.45) is 23.7 Å². The number of ether oxygens (including phenoxy) is 2. The van der Waals surface area contributed by atoms with E-state index in [0.29, 0.717) is 28.9 Å². The second kappa shape index (κ2) is 14.8. The van der Waals surface area contributed by atoms with Crippen molar-refractivity contribution in [3.63, 3.8) is 0 Å². The SMILES string of the molecule is COC(=O)N[C@H](C(=O)N1[C@@H]2C[C@@H]2C[C@H]1c1ncc(-c2ccc(-c3ccc4c(c3)CCc3[nH]c([C@@H]5C[C@H]6C[C@H]6N5C(=O)[C@@H](NC(=O)OC)C(C)C)nc3-4)cc2F)[nH]1)C(C)C. The molecular weight excluding hydrogens is 756 g/mol. The Hall–Kier alpha value is -5.73. The van der Waals surface area contributed by atoms with Crippen molar-refractivity contribution in [1.29, 1.82) is 0 Å². The highest BCUT2D eigenvalue weighted by Crippen LogP contribution is 2.55. The Kier molecular flexibility index (Phi) is 9.74. The normalized spacial score (nSPS) is 24.5. The van der Waals surface area contributed by atoms with E-state index >= 15 is 4.39 Å². The molecular formula is C44H51FN8O6. The van der Waals surface area contributed by atoms with E-state index in [0.717, 1.165) is 78.0 Å². The van der Waals surface area contributed by atoms with Gasteiger partial charge in [-0.2, -0.15) is 0 Å². The van der Waals surface area contributed by atoms with Crippen molar-refractivity contribution in [1.82, 2.24) is 40.4 Å². The van der Waals surface area contributed by atoms with Crippen LogP contribution in [-0.2, 0) is 31.9 Å². The van der Waals surface area contributed by atoms with E-state index < -0.39 is 30.1 Å². The number of hydrogen-bond acceptors (Lipinski definition) is 8. The highest BCUT2D eigenvalue weighted by molar-refractivity contribution is 5.88. The van der Waals surface area contributed by atoms with E-state index in [2.05, 4.69) is 31.7 Å². The molecule has 0 radical (unpaired) electrons. The highest BCUT2D eigenvalue weighted by atomic mass is 19.1. The van der Waals surface area contributed by atoms with Crippen LogP contribution in [0.5, 0.6) is 0 Å². The number of carbonyl (C=O) groups is 4. The number of alkyl carbamates (subject to hydrolysis) is 2. The number of carbonyl (C=O) groups excluding carboxylic acids is 4. The largest absolute Gasteiger partial charge is 0.453 e. The van der Waals surface area contributed by atoms with Gasteiger partial charge in [0.2, 0.25) is 11.8 Å². The Balaban J connectivity index is 0.918. The van der Waals surface area contributed by atoms with Crippen LogP contribution in [0.25, 0.3) is 33.6 Å². The molecule has 2 aromatic heterocycles. The summed E-state index contributed by atoms with van der Waals surface area (Å²) in [7, 11) is 2.57. The molecule has 5 aliphatic rings. The predicted octanol–water partition coefficient (Wildman–Crippen LogP) is 6.46. The van der Waals surface area contributed by atoms with Gasteiger partial charge in [0.15, 0.2) is 0 Å². The monoisotopic (exact) mass is 806 g/mol. The van der Waals surface area contributed by atoms with Crippen LogP contribution in [0, 0.1) is 29.5 Å². The van der Waals surface area contributed by atoms with Gasteiger partial charge in [0.05, 0.1) is 43.9 Å². The third-order valence-corrected chi connectivity index (χ3v) is 13.1. The average Bonchev–Trinajstić information content (AvgIpc) is 3.84. The van der Waals surface area contributed by atoms with Crippen LogP contribution < -0.4 is 10.6 Å². The molecule has 2 aromatic carbocycles. The number of H-pyrrole nitrogens is 2. The number of hydrogen-bond donors (Lipinski definition) is 4. The summed E-state index contributed by atoms with van der Waals surface area (Å²) in [5.74, 6) is 1.23. The molecule has 4 N–H and O–H groups in total. The van der Waals surface area contributed by atoms with Gasteiger partial charge in [-0.15, -0.1) is 0 Å².